The van der Waals surface area contributed by atoms with E-state index in [0.717, 1.165) is 43.0 Å². The number of Topliss-reactive ketones (excluding diaryl/α,β-unsaturated/α-hetero) is 1. The molecule has 2 aliphatic rings. The van der Waals surface area contributed by atoms with Gasteiger partial charge in [0.1, 0.15) is 0 Å². The molecular formula is C30H37NO4S. The van der Waals surface area contributed by atoms with Crippen LogP contribution in [0.3, 0.4) is 0 Å². The number of rotatable bonds is 11. The maximum atomic E-state index is 13.1. The van der Waals surface area contributed by atoms with Gasteiger partial charge >= 0.3 is 5.97 Å². The quantitative estimate of drug-likeness (QED) is 0.391. The number of ether oxygens (including phenoxy) is 1. The van der Waals surface area contributed by atoms with E-state index in [1.165, 1.54) is 16.7 Å². The zero-order chi connectivity index (χ0) is 25.3. The fourth-order valence-electron chi connectivity index (χ4n) is 5.24. The van der Waals surface area contributed by atoms with Crippen molar-refractivity contribution in [2.75, 3.05) is 24.6 Å². The third-order valence-corrected chi connectivity index (χ3v) is 8.16. The number of hydrogen-bond donors (Lipinski definition) is 1. The maximum Gasteiger partial charge on any atom is 0.303 e. The van der Waals surface area contributed by atoms with E-state index >= 15 is 0 Å². The van der Waals surface area contributed by atoms with E-state index in [0.29, 0.717) is 25.2 Å². The van der Waals surface area contributed by atoms with Gasteiger partial charge in [-0.2, -0.15) is 11.8 Å². The predicted octanol–water partition coefficient (Wildman–Crippen LogP) is 5.75. The number of carboxylic acid groups (broad SMARTS) is 1. The van der Waals surface area contributed by atoms with Crippen molar-refractivity contribution in [2.45, 2.75) is 57.8 Å². The van der Waals surface area contributed by atoms with Gasteiger partial charge in [-0.1, -0.05) is 66.2 Å². The molecule has 6 heteroatoms. The van der Waals surface area contributed by atoms with Crippen molar-refractivity contribution >= 4 is 23.5 Å². The lowest BCUT2D eigenvalue weighted by molar-refractivity contribution is -0.136. The van der Waals surface area contributed by atoms with Gasteiger partial charge in [-0.15, -0.1) is 0 Å². The molecule has 2 aromatic carbocycles. The zero-order valence-electron chi connectivity index (χ0n) is 21.1. The van der Waals surface area contributed by atoms with Crippen LogP contribution in [-0.2, 0) is 20.9 Å². The van der Waals surface area contributed by atoms with E-state index in [4.69, 9.17) is 9.84 Å². The molecule has 1 aliphatic carbocycles. The molecule has 0 amide bonds. The topological polar surface area (TPSA) is 66.8 Å². The van der Waals surface area contributed by atoms with Crippen molar-refractivity contribution in [3.63, 3.8) is 0 Å². The molecule has 0 aromatic heterocycles. The van der Waals surface area contributed by atoms with Crippen molar-refractivity contribution in [3.05, 3.63) is 71.8 Å². The Morgan fingerprint density at radius 3 is 2.33 bits per heavy atom. The summed E-state index contributed by atoms with van der Waals surface area (Å²) >= 11 is 1.95. The smallest absolute Gasteiger partial charge is 0.303 e. The molecule has 1 saturated carbocycles. The van der Waals surface area contributed by atoms with Crippen LogP contribution in [0.4, 0.5) is 0 Å². The maximum absolute atomic E-state index is 13.1. The minimum absolute atomic E-state index is 0.0627. The van der Waals surface area contributed by atoms with Crippen LogP contribution in [0.25, 0.3) is 11.1 Å². The van der Waals surface area contributed by atoms with Crippen LogP contribution in [0.2, 0.25) is 0 Å². The van der Waals surface area contributed by atoms with Crippen LogP contribution >= 0.6 is 11.8 Å². The Hall–Kier alpha value is -2.41. The molecule has 0 radical (unpaired) electrons. The zero-order valence-corrected chi connectivity index (χ0v) is 21.9. The summed E-state index contributed by atoms with van der Waals surface area (Å²) < 4.78 is 6.41. The monoisotopic (exact) mass is 507 g/mol. The number of aryl methyl sites for hydroxylation is 1. The van der Waals surface area contributed by atoms with Gasteiger partial charge in [-0.25, -0.2) is 0 Å². The second-order valence-electron chi connectivity index (χ2n) is 9.82. The fraction of sp³-hybridized carbons (Fsp3) is 0.467. The minimum atomic E-state index is -0.774. The number of carbonyl (C=O) groups is 2. The van der Waals surface area contributed by atoms with Crippen LogP contribution in [-0.4, -0.2) is 58.5 Å². The normalized spacial score (nSPS) is 22.9. The second-order valence-corrected chi connectivity index (χ2v) is 11.0. The average Bonchev–Trinajstić information content (AvgIpc) is 3.20. The van der Waals surface area contributed by atoms with Gasteiger partial charge in [0, 0.05) is 43.4 Å². The Bertz CT molecular complexity index is 1030. The summed E-state index contributed by atoms with van der Waals surface area (Å²) in [6, 6.07) is 17.0. The van der Waals surface area contributed by atoms with Gasteiger partial charge in [0.2, 0.25) is 0 Å². The van der Waals surface area contributed by atoms with Crippen LogP contribution in [0.1, 0.15) is 43.2 Å². The summed E-state index contributed by atoms with van der Waals surface area (Å²) in [7, 11) is 0. The Morgan fingerprint density at radius 2 is 1.67 bits per heavy atom. The molecule has 0 spiro atoms. The summed E-state index contributed by atoms with van der Waals surface area (Å²) in [5.41, 5.74) is 4.75. The van der Waals surface area contributed by atoms with Crippen LogP contribution in [0.5, 0.6) is 0 Å². The first-order chi connectivity index (χ1) is 17.5. The van der Waals surface area contributed by atoms with E-state index < -0.39 is 5.97 Å². The lowest BCUT2D eigenvalue weighted by atomic mass is 9.93. The molecule has 0 bridgehead atoms. The largest absolute Gasteiger partial charge is 0.481 e. The number of aliphatic carboxylic acids is 1. The molecule has 4 rings (SSSR count). The molecule has 2 fully saturated rings. The van der Waals surface area contributed by atoms with Gasteiger partial charge in [0.25, 0.3) is 0 Å². The minimum Gasteiger partial charge on any atom is -0.481 e. The number of benzene rings is 2. The molecule has 2 aromatic rings. The third kappa shape index (κ3) is 7.31. The highest BCUT2D eigenvalue weighted by Crippen LogP contribution is 2.35. The molecular weight excluding hydrogens is 470 g/mol. The molecule has 0 unspecified atom stereocenters. The highest BCUT2D eigenvalue weighted by molar-refractivity contribution is 7.99. The molecule has 192 valence electrons. The second kappa shape index (κ2) is 13.2. The Kier molecular flexibility index (Phi) is 9.79. The standard InChI is InChI=1S/C30H37NO4S/c1-22-8-12-24(13-9-22)25-14-10-23(11-15-25)21-35-28-20-27(32)30(31-16-18-36-19-17-31)26(28)6-4-2-3-5-7-29(33)34/h2-3,8-15,26,28,30H,4-7,16-21H2,1H3,(H,33,34)/t26-,28-,30+/m0/s1. The Morgan fingerprint density at radius 1 is 1.03 bits per heavy atom. The third-order valence-electron chi connectivity index (χ3n) is 7.22. The SMILES string of the molecule is Cc1ccc(-c2ccc(CO[C@H]3CC(=O)[C@H](N4CCSCC4)[C@H]3CCC=CCCC(=O)O)cc2)cc1. The van der Waals surface area contributed by atoms with E-state index in [1.54, 1.807) is 0 Å². The summed E-state index contributed by atoms with van der Waals surface area (Å²) in [5, 5.41) is 8.83. The molecule has 3 atom stereocenters. The number of nitrogens with zero attached hydrogens (tertiary/aromatic N) is 1. The van der Waals surface area contributed by atoms with Crippen LogP contribution in [0, 0.1) is 12.8 Å². The highest BCUT2D eigenvalue weighted by atomic mass is 32.2. The van der Waals surface area contributed by atoms with Gasteiger partial charge < -0.3 is 9.84 Å². The summed E-state index contributed by atoms with van der Waals surface area (Å²) in [6.45, 7) is 4.51. The van der Waals surface area contributed by atoms with Crippen molar-refractivity contribution in [1.82, 2.24) is 4.90 Å². The number of hydrogen-bond acceptors (Lipinski definition) is 5. The lowest BCUT2D eigenvalue weighted by Crippen LogP contribution is -2.47. The van der Waals surface area contributed by atoms with Gasteiger partial charge in [0.05, 0.1) is 18.8 Å². The fourth-order valence-corrected chi connectivity index (χ4v) is 6.17. The lowest BCUT2D eigenvalue weighted by Gasteiger charge is -2.35. The summed E-state index contributed by atoms with van der Waals surface area (Å²) in [6.07, 6.45) is 6.82. The van der Waals surface area contributed by atoms with E-state index in [-0.39, 0.29) is 24.5 Å². The number of carbonyl (C=O) groups excluding carboxylic acids is 1. The average molecular weight is 508 g/mol. The molecule has 5 nitrogen and oxygen atoms in total. The van der Waals surface area contributed by atoms with Crippen molar-refractivity contribution in [1.29, 1.82) is 0 Å². The first-order valence-electron chi connectivity index (χ1n) is 13.0. The van der Waals surface area contributed by atoms with Crippen LogP contribution in [0.15, 0.2) is 60.7 Å². The molecule has 1 heterocycles. The van der Waals surface area contributed by atoms with Crippen molar-refractivity contribution in [2.24, 2.45) is 5.92 Å². The summed E-state index contributed by atoms with van der Waals surface area (Å²) in [4.78, 5) is 26.2. The number of ketones is 1. The number of thioether (sulfide) groups is 1. The summed E-state index contributed by atoms with van der Waals surface area (Å²) in [5.74, 6) is 1.84. The molecule has 1 saturated heterocycles. The number of allylic oxidation sites excluding steroid dienone is 2. The number of carboxylic acids is 1. The van der Waals surface area contributed by atoms with Crippen LogP contribution < -0.4 is 0 Å². The predicted molar refractivity (Wildman–Crippen MR) is 146 cm³/mol. The van der Waals surface area contributed by atoms with Crippen molar-refractivity contribution < 1.29 is 19.4 Å². The van der Waals surface area contributed by atoms with Gasteiger partial charge in [-0.05, 0) is 42.9 Å². The Labute approximate surface area is 218 Å². The van der Waals surface area contributed by atoms with Crippen molar-refractivity contribution in [3.8, 4) is 11.1 Å². The van der Waals surface area contributed by atoms with Gasteiger partial charge in [-0.3, -0.25) is 14.5 Å². The highest BCUT2D eigenvalue weighted by Gasteiger charge is 2.45. The van der Waals surface area contributed by atoms with E-state index in [1.807, 2.05) is 17.8 Å². The van der Waals surface area contributed by atoms with Gasteiger partial charge in [0.15, 0.2) is 5.78 Å². The van der Waals surface area contributed by atoms with E-state index in [9.17, 15) is 9.59 Å². The van der Waals surface area contributed by atoms with E-state index in [2.05, 4.69) is 66.4 Å². The Balaban J connectivity index is 1.38. The first-order valence-corrected chi connectivity index (χ1v) is 14.2. The first kappa shape index (κ1) is 26.6. The molecule has 1 aliphatic heterocycles. The molecule has 1 N–H and O–H groups in total. The molecule has 36 heavy (non-hydrogen) atoms.